The molecule has 0 unspecified atom stereocenters. The van der Waals surface area contributed by atoms with Crippen molar-refractivity contribution < 1.29 is 8.42 Å². The first kappa shape index (κ1) is 16.5. The van der Waals surface area contributed by atoms with E-state index in [0.29, 0.717) is 17.5 Å². The number of benzene rings is 1. The fraction of sp³-hybridized carbons (Fsp3) is 0.625. The molecular formula is C16H26N2O2S. The van der Waals surface area contributed by atoms with Crippen molar-refractivity contribution in [2.75, 3.05) is 13.6 Å². The molecule has 1 aromatic rings. The average Bonchev–Trinajstić information content (AvgIpc) is 3.30. The molecule has 0 saturated heterocycles. The van der Waals surface area contributed by atoms with E-state index in [2.05, 4.69) is 12.2 Å². The Hall–Kier alpha value is -0.910. The van der Waals surface area contributed by atoms with Crippen LogP contribution in [0.15, 0.2) is 29.2 Å². The number of nitrogens with zero attached hydrogens (tertiary/aromatic N) is 1. The molecule has 5 heteroatoms. The number of rotatable bonds is 9. The summed E-state index contributed by atoms with van der Waals surface area (Å²) in [5.41, 5.74) is 1.13. The summed E-state index contributed by atoms with van der Waals surface area (Å²) in [7, 11) is -1.68. The number of nitrogens with one attached hydrogen (secondary N) is 1. The molecule has 1 N–H and O–H groups in total. The van der Waals surface area contributed by atoms with E-state index >= 15 is 0 Å². The summed E-state index contributed by atoms with van der Waals surface area (Å²) in [5.74, 6) is 0. The number of hydrogen-bond acceptors (Lipinski definition) is 3. The molecule has 0 aromatic heterocycles. The maximum Gasteiger partial charge on any atom is 0.242 e. The minimum Gasteiger partial charge on any atom is -0.310 e. The highest BCUT2D eigenvalue weighted by molar-refractivity contribution is 7.89. The molecule has 2 rings (SSSR count). The van der Waals surface area contributed by atoms with Crippen molar-refractivity contribution in [1.82, 2.24) is 9.62 Å². The molecule has 1 aliphatic rings. The molecule has 0 bridgehead atoms. The summed E-state index contributed by atoms with van der Waals surface area (Å²) in [4.78, 5) is 0.386. The number of hydrogen-bond donors (Lipinski definition) is 1. The number of unbranched alkanes of at least 4 members (excludes halogenated alkanes) is 2. The van der Waals surface area contributed by atoms with Crippen molar-refractivity contribution in [3.05, 3.63) is 29.8 Å². The molecule has 0 atom stereocenters. The lowest BCUT2D eigenvalue weighted by molar-refractivity contribution is 0.454. The predicted octanol–water partition coefficient (Wildman–Crippen LogP) is 2.75. The average molecular weight is 310 g/mol. The highest BCUT2D eigenvalue weighted by Crippen LogP contribution is 2.20. The Balaban J connectivity index is 1.94. The van der Waals surface area contributed by atoms with Crippen LogP contribution in [0.3, 0.4) is 0 Å². The van der Waals surface area contributed by atoms with Gasteiger partial charge in [0.1, 0.15) is 0 Å². The zero-order chi connectivity index (χ0) is 15.3. The second-order valence-corrected chi connectivity index (χ2v) is 7.88. The SMILES string of the molecule is CCCCCN(C)S(=O)(=O)c1ccc(CNC2CC2)cc1. The Morgan fingerprint density at radius 2 is 1.86 bits per heavy atom. The van der Waals surface area contributed by atoms with Crippen LogP contribution in [-0.2, 0) is 16.6 Å². The zero-order valence-corrected chi connectivity index (χ0v) is 13.8. The largest absolute Gasteiger partial charge is 0.310 e. The van der Waals surface area contributed by atoms with E-state index < -0.39 is 10.0 Å². The van der Waals surface area contributed by atoms with Crippen molar-refractivity contribution in [1.29, 1.82) is 0 Å². The summed E-state index contributed by atoms with van der Waals surface area (Å²) < 4.78 is 26.3. The molecule has 1 saturated carbocycles. The first-order valence-corrected chi connectivity index (χ1v) is 9.26. The van der Waals surface area contributed by atoms with Crippen molar-refractivity contribution in [3.63, 3.8) is 0 Å². The molecule has 0 radical (unpaired) electrons. The van der Waals surface area contributed by atoms with Gasteiger partial charge in [0.15, 0.2) is 0 Å². The van der Waals surface area contributed by atoms with E-state index in [1.807, 2.05) is 12.1 Å². The Morgan fingerprint density at radius 1 is 1.19 bits per heavy atom. The quantitative estimate of drug-likeness (QED) is 0.714. The van der Waals surface area contributed by atoms with Gasteiger partial charge in [0.25, 0.3) is 0 Å². The molecule has 21 heavy (non-hydrogen) atoms. The third-order valence-corrected chi connectivity index (χ3v) is 5.75. The summed E-state index contributed by atoms with van der Waals surface area (Å²) >= 11 is 0. The van der Waals surface area contributed by atoms with Gasteiger partial charge in [0.2, 0.25) is 10.0 Å². The van der Waals surface area contributed by atoms with Crippen LogP contribution >= 0.6 is 0 Å². The monoisotopic (exact) mass is 310 g/mol. The molecule has 0 aliphatic heterocycles. The van der Waals surface area contributed by atoms with Gasteiger partial charge in [0, 0.05) is 26.2 Å². The Kier molecular flexibility index (Phi) is 5.79. The molecule has 0 spiro atoms. The molecule has 0 heterocycles. The number of sulfonamides is 1. The van der Waals surface area contributed by atoms with E-state index in [4.69, 9.17) is 0 Å². The van der Waals surface area contributed by atoms with E-state index in [9.17, 15) is 8.42 Å². The summed E-state index contributed by atoms with van der Waals surface area (Å²) in [6.45, 7) is 3.52. The predicted molar refractivity (Wildman–Crippen MR) is 85.6 cm³/mol. The molecule has 1 fully saturated rings. The minimum absolute atomic E-state index is 0.386. The molecule has 1 aromatic carbocycles. The van der Waals surface area contributed by atoms with Crippen molar-refractivity contribution in [2.24, 2.45) is 0 Å². The zero-order valence-electron chi connectivity index (χ0n) is 13.0. The molecule has 118 valence electrons. The van der Waals surface area contributed by atoms with Gasteiger partial charge in [-0.05, 0) is 37.0 Å². The highest BCUT2D eigenvalue weighted by Gasteiger charge is 2.21. The van der Waals surface area contributed by atoms with Gasteiger partial charge in [0.05, 0.1) is 4.90 Å². The lowest BCUT2D eigenvalue weighted by Crippen LogP contribution is -2.28. The van der Waals surface area contributed by atoms with Crippen LogP contribution in [0, 0.1) is 0 Å². The van der Waals surface area contributed by atoms with Crippen LogP contribution in [0.25, 0.3) is 0 Å². The molecule has 1 aliphatic carbocycles. The van der Waals surface area contributed by atoms with E-state index in [1.54, 1.807) is 19.2 Å². The Bertz CT molecular complexity index is 536. The van der Waals surface area contributed by atoms with E-state index in [1.165, 1.54) is 17.1 Å². The second-order valence-electron chi connectivity index (χ2n) is 5.83. The van der Waals surface area contributed by atoms with Crippen molar-refractivity contribution >= 4 is 10.0 Å². The van der Waals surface area contributed by atoms with Crippen LogP contribution in [0.2, 0.25) is 0 Å². The van der Waals surface area contributed by atoms with Crippen LogP contribution in [0.5, 0.6) is 0 Å². The normalized spacial score (nSPS) is 15.6. The fourth-order valence-electron chi connectivity index (χ4n) is 2.21. The van der Waals surface area contributed by atoms with Gasteiger partial charge in [-0.3, -0.25) is 0 Å². The Morgan fingerprint density at radius 3 is 2.43 bits per heavy atom. The summed E-state index contributed by atoms with van der Waals surface area (Å²) in [5, 5.41) is 3.43. The molecule has 0 amide bonds. The van der Waals surface area contributed by atoms with Crippen LogP contribution in [-0.4, -0.2) is 32.4 Å². The van der Waals surface area contributed by atoms with Gasteiger partial charge in [-0.1, -0.05) is 31.9 Å². The van der Waals surface area contributed by atoms with Gasteiger partial charge < -0.3 is 5.32 Å². The lowest BCUT2D eigenvalue weighted by Gasteiger charge is -2.17. The van der Waals surface area contributed by atoms with Gasteiger partial charge >= 0.3 is 0 Å². The fourth-order valence-corrected chi connectivity index (χ4v) is 3.42. The minimum atomic E-state index is -3.34. The van der Waals surface area contributed by atoms with Crippen LogP contribution in [0.1, 0.15) is 44.6 Å². The first-order chi connectivity index (χ1) is 10.0. The third-order valence-electron chi connectivity index (χ3n) is 3.88. The van der Waals surface area contributed by atoms with E-state index in [-0.39, 0.29) is 0 Å². The van der Waals surface area contributed by atoms with Crippen molar-refractivity contribution in [2.45, 2.75) is 56.5 Å². The van der Waals surface area contributed by atoms with Gasteiger partial charge in [-0.15, -0.1) is 0 Å². The summed E-state index contributed by atoms with van der Waals surface area (Å²) in [6, 6.07) is 7.91. The third kappa shape index (κ3) is 4.80. The topological polar surface area (TPSA) is 49.4 Å². The Labute approximate surface area is 128 Å². The highest BCUT2D eigenvalue weighted by atomic mass is 32.2. The lowest BCUT2D eigenvalue weighted by atomic mass is 10.2. The van der Waals surface area contributed by atoms with Crippen LogP contribution in [0.4, 0.5) is 0 Å². The maximum atomic E-state index is 12.4. The standard InChI is InChI=1S/C16H26N2O2S/c1-3-4-5-12-18(2)21(19,20)16-10-6-14(7-11-16)13-17-15-8-9-15/h6-7,10-11,15,17H,3-5,8-9,12-13H2,1-2H3. The van der Waals surface area contributed by atoms with Crippen LogP contribution < -0.4 is 5.32 Å². The van der Waals surface area contributed by atoms with E-state index in [0.717, 1.165) is 31.4 Å². The maximum absolute atomic E-state index is 12.4. The van der Waals surface area contributed by atoms with Gasteiger partial charge in [-0.25, -0.2) is 12.7 Å². The van der Waals surface area contributed by atoms with Gasteiger partial charge in [-0.2, -0.15) is 0 Å². The molecular weight excluding hydrogens is 284 g/mol. The first-order valence-electron chi connectivity index (χ1n) is 7.82. The van der Waals surface area contributed by atoms with Crippen molar-refractivity contribution in [3.8, 4) is 0 Å². The second kappa shape index (κ2) is 7.38. The smallest absolute Gasteiger partial charge is 0.242 e. The molecule has 4 nitrogen and oxygen atoms in total. The summed E-state index contributed by atoms with van der Waals surface area (Å²) in [6.07, 6.45) is 5.59.